The lowest BCUT2D eigenvalue weighted by atomic mass is 10.1. The number of urea groups is 1. The van der Waals surface area contributed by atoms with E-state index in [4.69, 9.17) is 5.11 Å². The summed E-state index contributed by atoms with van der Waals surface area (Å²) in [5.74, 6) is -0.736. The van der Waals surface area contributed by atoms with Crippen LogP contribution in [0.5, 0.6) is 0 Å². The highest BCUT2D eigenvalue weighted by Crippen LogP contribution is 2.19. The Kier molecular flexibility index (Phi) is 4.03. The largest absolute Gasteiger partial charge is 0.481 e. The Bertz CT molecular complexity index is 471. The van der Waals surface area contributed by atoms with Gasteiger partial charge in [-0.1, -0.05) is 0 Å². The van der Waals surface area contributed by atoms with E-state index in [1.165, 1.54) is 0 Å². The maximum atomic E-state index is 11.9. The van der Waals surface area contributed by atoms with Crippen molar-refractivity contribution in [3.05, 3.63) is 17.5 Å². The van der Waals surface area contributed by atoms with E-state index >= 15 is 0 Å². The number of aliphatic carboxylic acids is 1. The van der Waals surface area contributed by atoms with Crippen LogP contribution in [0.1, 0.15) is 24.1 Å². The van der Waals surface area contributed by atoms with Crippen LogP contribution >= 0.6 is 0 Å². The van der Waals surface area contributed by atoms with Crippen LogP contribution in [0.2, 0.25) is 0 Å². The van der Waals surface area contributed by atoms with Crippen molar-refractivity contribution in [1.29, 1.82) is 0 Å². The molecule has 7 heteroatoms. The molecular weight excluding hydrogens is 248 g/mol. The fraction of sp³-hybridized carbons (Fsp3) is 0.583. The third-order valence-corrected chi connectivity index (χ3v) is 3.40. The molecule has 0 aromatic carbocycles. The molecular formula is C12H18N4O3. The molecule has 19 heavy (non-hydrogen) atoms. The number of nitrogens with zero attached hydrogens (tertiary/aromatic N) is 2. The smallest absolute Gasteiger partial charge is 0.317 e. The number of rotatable bonds is 4. The summed E-state index contributed by atoms with van der Waals surface area (Å²) in [5, 5.41) is 18.2. The van der Waals surface area contributed by atoms with Crippen molar-refractivity contribution in [3.8, 4) is 0 Å². The molecule has 3 N–H and O–H groups in total. The van der Waals surface area contributed by atoms with Gasteiger partial charge >= 0.3 is 12.0 Å². The maximum Gasteiger partial charge on any atom is 0.317 e. The van der Waals surface area contributed by atoms with E-state index in [-0.39, 0.29) is 18.4 Å². The number of carbonyl (C=O) groups is 2. The van der Waals surface area contributed by atoms with Gasteiger partial charge in [-0.15, -0.1) is 0 Å². The third kappa shape index (κ3) is 3.46. The van der Waals surface area contributed by atoms with Gasteiger partial charge in [-0.3, -0.25) is 9.89 Å². The number of hydrogen-bond acceptors (Lipinski definition) is 3. The average Bonchev–Trinajstić information content (AvgIpc) is 2.95. The zero-order valence-electron chi connectivity index (χ0n) is 10.8. The molecule has 1 aliphatic rings. The molecule has 1 atom stereocenters. The zero-order chi connectivity index (χ0) is 13.8. The summed E-state index contributed by atoms with van der Waals surface area (Å²) in [6, 6.07) is -0.145. The van der Waals surface area contributed by atoms with Gasteiger partial charge in [-0.2, -0.15) is 5.10 Å². The Morgan fingerprint density at radius 2 is 2.42 bits per heavy atom. The highest BCUT2D eigenvalue weighted by molar-refractivity contribution is 5.74. The first kappa shape index (κ1) is 13.4. The Labute approximate surface area is 111 Å². The number of nitrogens with one attached hydrogen (secondary N) is 2. The van der Waals surface area contributed by atoms with Crippen molar-refractivity contribution >= 4 is 12.0 Å². The Hall–Kier alpha value is -2.05. The summed E-state index contributed by atoms with van der Waals surface area (Å²) in [5.41, 5.74) is 1.89. The first-order valence-corrected chi connectivity index (χ1v) is 6.29. The monoisotopic (exact) mass is 266 g/mol. The van der Waals surface area contributed by atoms with Gasteiger partial charge < -0.3 is 15.3 Å². The predicted molar refractivity (Wildman–Crippen MR) is 67.5 cm³/mol. The van der Waals surface area contributed by atoms with E-state index < -0.39 is 5.97 Å². The quantitative estimate of drug-likeness (QED) is 0.748. The summed E-state index contributed by atoms with van der Waals surface area (Å²) in [6.45, 7) is 3.46. The second kappa shape index (κ2) is 5.73. The van der Waals surface area contributed by atoms with Gasteiger partial charge in [0.1, 0.15) is 0 Å². The lowest BCUT2D eigenvalue weighted by Gasteiger charge is -2.17. The molecule has 0 aliphatic carbocycles. The SMILES string of the molecule is Cc1[nH]ncc1CNC(=O)N1CCC(CC(=O)O)C1. The highest BCUT2D eigenvalue weighted by atomic mass is 16.4. The number of carboxylic acids is 1. The number of aromatic amines is 1. The van der Waals surface area contributed by atoms with Gasteiger partial charge in [0.25, 0.3) is 0 Å². The Morgan fingerprint density at radius 3 is 3.05 bits per heavy atom. The van der Waals surface area contributed by atoms with E-state index in [0.717, 1.165) is 17.7 Å². The van der Waals surface area contributed by atoms with Crippen molar-refractivity contribution in [2.24, 2.45) is 5.92 Å². The number of amides is 2. The number of likely N-dealkylation sites (tertiary alicyclic amines) is 1. The molecule has 1 fully saturated rings. The van der Waals surface area contributed by atoms with Crippen LogP contribution in [0.4, 0.5) is 4.79 Å². The molecule has 1 saturated heterocycles. The van der Waals surface area contributed by atoms with E-state index in [2.05, 4.69) is 15.5 Å². The second-order valence-corrected chi connectivity index (χ2v) is 4.88. The molecule has 2 amide bonds. The summed E-state index contributed by atoms with van der Waals surface area (Å²) in [4.78, 5) is 24.2. The van der Waals surface area contributed by atoms with E-state index in [1.54, 1.807) is 11.1 Å². The maximum absolute atomic E-state index is 11.9. The van der Waals surface area contributed by atoms with Crippen LogP contribution < -0.4 is 5.32 Å². The number of aromatic nitrogens is 2. The van der Waals surface area contributed by atoms with Crippen LogP contribution in [0, 0.1) is 12.8 Å². The van der Waals surface area contributed by atoms with Crippen molar-refractivity contribution < 1.29 is 14.7 Å². The minimum atomic E-state index is -0.804. The van der Waals surface area contributed by atoms with E-state index in [1.807, 2.05) is 6.92 Å². The van der Waals surface area contributed by atoms with Crippen LogP contribution in [-0.2, 0) is 11.3 Å². The molecule has 104 valence electrons. The average molecular weight is 266 g/mol. The lowest BCUT2D eigenvalue weighted by Crippen LogP contribution is -2.38. The van der Waals surface area contributed by atoms with Gasteiger partial charge in [0.2, 0.25) is 0 Å². The molecule has 0 bridgehead atoms. The van der Waals surface area contributed by atoms with Gasteiger partial charge in [-0.05, 0) is 19.3 Å². The summed E-state index contributed by atoms with van der Waals surface area (Å²) in [7, 11) is 0. The van der Waals surface area contributed by atoms with Gasteiger partial charge in [-0.25, -0.2) is 4.79 Å². The summed E-state index contributed by atoms with van der Waals surface area (Å²) in [6.07, 6.45) is 2.57. The number of carbonyl (C=O) groups excluding carboxylic acids is 1. The number of hydrogen-bond donors (Lipinski definition) is 3. The minimum Gasteiger partial charge on any atom is -0.481 e. The lowest BCUT2D eigenvalue weighted by molar-refractivity contribution is -0.138. The van der Waals surface area contributed by atoms with Crippen LogP contribution in [0.3, 0.4) is 0 Å². The molecule has 1 aromatic rings. The molecule has 1 aromatic heterocycles. The first-order chi connectivity index (χ1) is 9.06. The van der Waals surface area contributed by atoms with Crippen LogP contribution in [-0.4, -0.2) is 45.3 Å². The molecule has 7 nitrogen and oxygen atoms in total. The number of carboxylic acid groups (broad SMARTS) is 1. The van der Waals surface area contributed by atoms with E-state index in [9.17, 15) is 9.59 Å². The summed E-state index contributed by atoms with van der Waals surface area (Å²) < 4.78 is 0. The predicted octanol–water partition coefficient (Wildman–Crippen LogP) is 0.724. The molecule has 2 rings (SSSR count). The van der Waals surface area contributed by atoms with Crippen molar-refractivity contribution in [2.45, 2.75) is 26.3 Å². The van der Waals surface area contributed by atoms with Crippen molar-refractivity contribution in [1.82, 2.24) is 20.4 Å². The minimum absolute atomic E-state index is 0.0684. The van der Waals surface area contributed by atoms with Gasteiger partial charge in [0, 0.05) is 37.3 Å². The molecule has 0 saturated carbocycles. The van der Waals surface area contributed by atoms with Crippen molar-refractivity contribution in [3.63, 3.8) is 0 Å². The first-order valence-electron chi connectivity index (χ1n) is 6.29. The van der Waals surface area contributed by atoms with E-state index in [0.29, 0.717) is 19.6 Å². The Balaban J connectivity index is 1.78. The topological polar surface area (TPSA) is 98.3 Å². The summed E-state index contributed by atoms with van der Waals surface area (Å²) >= 11 is 0. The molecule has 1 unspecified atom stereocenters. The molecule has 2 heterocycles. The zero-order valence-corrected chi connectivity index (χ0v) is 10.8. The second-order valence-electron chi connectivity index (χ2n) is 4.88. The van der Waals surface area contributed by atoms with Crippen molar-refractivity contribution in [2.75, 3.05) is 13.1 Å². The van der Waals surface area contributed by atoms with Crippen LogP contribution in [0.15, 0.2) is 6.20 Å². The fourth-order valence-electron chi connectivity index (χ4n) is 2.27. The van der Waals surface area contributed by atoms with Crippen LogP contribution in [0.25, 0.3) is 0 Å². The number of H-pyrrole nitrogens is 1. The Morgan fingerprint density at radius 1 is 1.63 bits per heavy atom. The molecule has 0 spiro atoms. The molecule has 0 radical (unpaired) electrons. The normalized spacial score (nSPS) is 18.6. The molecule has 1 aliphatic heterocycles. The fourth-order valence-corrected chi connectivity index (χ4v) is 2.27. The third-order valence-electron chi connectivity index (χ3n) is 3.40. The standard InChI is InChI=1S/C12H18N4O3/c1-8-10(6-14-15-8)5-13-12(19)16-3-2-9(7-16)4-11(17)18/h6,9H,2-5,7H2,1H3,(H,13,19)(H,14,15)(H,17,18). The van der Waals surface area contributed by atoms with Gasteiger partial charge in [0.05, 0.1) is 6.20 Å². The highest BCUT2D eigenvalue weighted by Gasteiger charge is 2.27. The van der Waals surface area contributed by atoms with Gasteiger partial charge in [0.15, 0.2) is 0 Å². The number of aryl methyl sites for hydroxylation is 1.